The Hall–Kier alpha value is -3.74. The molecule has 2 aliphatic rings. The van der Waals surface area contributed by atoms with Gasteiger partial charge in [-0.3, -0.25) is 9.59 Å². The second-order valence-corrected chi connectivity index (χ2v) is 8.54. The van der Waals surface area contributed by atoms with E-state index in [4.69, 9.17) is 4.42 Å². The standard InChI is InChI=1S/C25H20FN3O3/c26-19-7-4-14(10-16-2-1-3-20-17(16)8-9-27-20)11-18(19)25(31)29-12-21-22(13-29)32-24(28-21)23(30)15-5-6-15/h1-4,7-9,11,15,27H,5-6,10,12-13H2. The lowest BCUT2D eigenvalue weighted by Gasteiger charge is -2.16. The van der Waals surface area contributed by atoms with Crippen LogP contribution < -0.4 is 0 Å². The Morgan fingerprint density at radius 2 is 2.03 bits per heavy atom. The highest BCUT2D eigenvalue weighted by molar-refractivity contribution is 5.96. The molecule has 3 heterocycles. The smallest absolute Gasteiger partial charge is 0.264 e. The van der Waals surface area contributed by atoms with E-state index in [1.54, 1.807) is 12.1 Å². The molecule has 0 radical (unpaired) electrons. The summed E-state index contributed by atoms with van der Waals surface area (Å²) in [6, 6.07) is 12.7. The number of amides is 1. The monoisotopic (exact) mass is 429 g/mol. The van der Waals surface area contributed by atoms with Crippen LogP contribution in [0.4, 0.5) is 4.39 Å². The molecule has 6 nitrogen and oxygen atoms in total. The zero-order valence-electron chi connectivity index (χ0n) is 17.2. The van der Waals surface area contributed by atoms with Crippen LogP contribution in [0.5, 0.6) is 0 Å². The van der Waals surface area contributed by atoms with Crippen LogP contribution in [0.1, 0.15) is 56.5 Å². The molecule has 4 aromatic rings. The molecule has 7 heteroatoms. The predicted octanol–water partition coefficient (Wildman–Crippen LogP) is 4.63. The van der Waals surface area contributed by atoms with E-state index in [1.807, 2.05) is 30.5 Å². The fourth-order valence-corrected chi connectivity index (χ4v) is 4.35. The van der Waals surface area contributed by atoms with E-state index in [2.05, 4.69) is 9.97 Å². The average molecular weight is 429 g/mol. The number of nitrogens with one attached hydrogen (secondary N) is 1. The number of oxazole rings is 1. The van der Waals surface area contributed by atoms with Crippen molar-refractivity contribution < 1.29 is 18.4 Å². The third-order valence-corrected chi connectivity index (χ3v) is 6.24. The number of Topliss-reactive ketones (excluding diaryl/α,β-unsaturated/α-hetero) is 1. The van der Waals surface area contributed by atoms with Crippen LogP contribution in [0.3, 0.4) is 0 Å². The predicted molar refractivity (Wildman–Crippen MR) is 115 cm³/mol. The van der Waals surface area contributed by atoms with Crippen LogP contribution in [-0.2, 0) is 19.5 Å². The summed E-state index contributed by atoms with van der Waals surface area (Å²) in [6.07, 6.45) is 4.24. The number of hydrogen-bond acceptors (Lipinski definition) is 4. The Morgan fingerprint density at radius 1 is 1.16 bits per heavy atom. The van der Waals surface area contributed by atoms with Crippen molar-refractivity contribution in [2.45, 2.75) is 32.4 Å². The molecule has 0 bridgehead atoms. The molecule has 0 spiro atoms. The van der Waals surface area contributed by atoms with Crippen LogP contribution in [0, 0.1) is 11.7 Å². The van der Waals surface area contributed by atoms with Gasteiger partial charge in [-0.05, 0) is 54.7 Å². The number of ketones is 1. The van der Waals surface area contributed by atoms with Gasteiger partial charge in [-0.1, -0.05) is 18.2 Å². The molecule has 1 aliphatic heterocycles. The molecule has 32 heavy (non-hydrogen) atoms. The fraction of sp³-hybridized carbons (Fsp3) is 0.240. The summed E-state index contributed by atoms with van der Waals surface area (Å²) in [5.41, 5.74) is 3.61. The number of benzene rings is 2. The van der Waals surface area contributed by atoms with Gasteiger partial charge in [0.05, 0.1) is 18.7 Å². The van der Waals surface area contributed by atoms with Crippen molar-refractivity contribution in [2.24, 2.45) is 5.92 Å². The fourth-order valence-electron chi connectivity index (χ4n) is 4.35. The summed E-state index contributed by atoms with van der Waals surface area (Å²) in [4.78, 5) is 34.2. The molecule has 6 rings (SSSR count). The molecule has 1 N–H and O–H groups in total. The SMILES string of the molecule is O=C(c1nc2c(o1)CN(C(=O)c1cc(Cc3cccc4[nH]ccc34)ccc1F)C2)C1CC1. The number of aromatic nitrogens is 2. The highest BCUT2D eigenvalue weighted by Gasteiger charge is 2.37. The van der Waals surface area contributed by atoms with E-state index in [0.717, 1.165) is 34.9 Å². The van der Waals surface area contributed by atoms with Crippen LogP contribution in [-0.4, -0.2) is 26.6 Å². The first kappa shape index (κ1) is 19.0. The second-order valence-electron chi connectivity index (χ2n) is 8.54. The molecule has 0 saturated heterocycles. The van der Waals surface area contributed by atoms with Crippen LogP contribution in [0.15, 0.2) is 53.1 Å². The Morgan fingerprint density at radius 3 is 2.84 bits per heavy atom. The van der Waals surface area contributed by atoms with Crippen molar-refractivity contribution in [2.75, 3.05) is 0 Å². The van der Waals surface area contributed by atoms with Gasteiger partial charge < -0.3 is 14.3 Å². The molecule has 2 aromatic carbocycles. The van der Waals surface area contributed by atoms with Gasteiger partial charge >= 0.3 is 0 Å². The van der Waals surface area contributed by atoms with Gasteiger partial charge in [0.2, 0.25) is 5.78 Å². The van der Waals surface area contributed by atoms with Crippen LogP contribution >= 0.6 is 0 Å². The highest BCUT2D eigenvalue weighted by Crippen LogP contribution is 2.34. The zero-order chi connectivity index (χ0) is 21.8. The summed E-state index contributed by atoms with van der Waals surface area (Å²) < 4.78 is 20.2. The quantitative estimate of drug-likeness (QED) is 0.469. The third-order valence-electron chi connectivity index (χ3n) is 6.24. The minimum absolute atomic E-state index is 0.0282. The maximum absolute atomic E-state index is 14.6. The summed E-state index contributed by atoms with van der Waals surface area (Å²) in [7, 11) is 0. The summed E-state index contributed by atoms with van der Waals surface area (Å²) in [5.74, 6) is -0.351. The first-order valence-electron chi connectivity index (χ1n) is 10.7. The maximum atomic E-state index is 14.6. The lowest BCUT2D eigenvalue weighted by molar-refractivity contribution is 0.0736. The summed E-state index contributed by atoms with van der Waals surface area (Å²) >= 11 is 0. The Balaban J connectivity index is 1.22. The summed E-state index contributed by atoms with van der Waals surface area (Å²) in [5, 5.41) is 1.11. The first-order chi connectivity index (χ1) is 15.6. The number of aromatic amines is 1. The molecule has 1 amide bonds. The number of H-pyrrole nitrogens is 1. The minimum atomic E-state index is -0.556. The molecular weight excluding hydrogens is 409 g/mol. The van der Waals surface area contributed by atoms with Crippen molar-refractivity contribution in [1.29, 1.82) is 0 Å². The van der Waals surface area contributed by atoms with Crippen molar-refractivity contribution in [3.63, 3.8) is 0 Å². The number of fused-ring (bicyclic) bond motifs is 2. The normalized spacial score (nSPS) is 15.3. The molecule has 1 saturated carbocycles. The Labute approximate surface area is 183 Å². The minimum Gasteiger partial charge on any atom is -0.437 e. The molecule has 0 unspecified atom stereocenters. The van der Waals surface area contributed by atoms with Gasteiger partial charge in [0.25, 0.3) is 11.8 Å². The number of carbonyl (C=O) groups is 2. The van der Waals surface area contributed by atoms with Gasteiger partial charge in [-0.25, -0.2) is 9.37 Å². The number of carbonyl (C=O) groups excluding carboxylic acids is 2. The van der Waals surface area contributed by atoms with E-state index < -0.39 is 11.7 Å². The maximum Gasteiger partial charge on any atom is 0.264 e. The zero-order valence-corrected chi connectivity index (χ0v) is 17.2. The first-order valence-corrected chi connectivity index (χ1v) is 10.7. The van der Waals surface area contributed by atoms with Crippen molar-refractivity contribution in [3.8, 4) is 0 Å². The summed E-state index contributed by atoms with van der Waals surface area (Å²) in [6.45, 7) is 0.396. The average Bonchev–Trinajstić information content (AvgIpc) is 3.19. The number of halogens is 1. The Kier molecular flexibility index (Phi) is 4.24. The molecule has 2 aromatic heterocycles. The van der Waals surface area contributed by atoms with Crippen LogP contribution in [0.25, 0.3) is 10.9 Å². The largest absolute Gasteiger partial charge is 0.437 e. The lowest BCUT2D eigenvalue weighted by atomic mass is 9.99. The second kappa shape index (κ2) is 7.15. The lowest BCUT2D eigenvalue weighted by Crippen LogP contribution is -2.26. The highest BCUT2D eigenvalue weighted by atomic mass is 19.1. The van der Waals surface area contributed by atoms with Gasteiger partial charge in [0.15, 0.2) is 0 Å². The molecule has 1 fully saturated rings. The van der Waals surface area contributed by atoms with Gasteiger partial charge in [-0.15, -0.1) is 0 Å². The van der Waals surface area contributed by atoms with E-state index in [0.29, 0.717) is 17.9 Å². The van der Waals surface area contributed by atoms with E-state index in [9.17, 15) is 14.0 Å². The number of nitrogens with zero attached hydrogens (tertiary/aromatic N) is 2. The van der Waals surface area contributed by atoms with Gasteiger partial charge in [-0.2, -0.15) is 0 Å². The van der Waals surface area contributed by atoms with Gasteiger partial charge in [0.1, 0.15) is 17.3 Å². The van der Waals surface area contributed by atoms with Crippen molar-refractivity contribution >= 4 is 22.6 Å². The van der Waals surface area contributed by atoms with Crippen molar-refractivity contribution in [1.82, 2.24) is 14.9 Å². The van der Waals surface area contributed by atoms with Crippen LogP contribution in [0.2, 0.25) is 0 Å². The molecule has 1 aliphatic carbocycles. The number of hydrogen-bond donors (Lipinski definition) is 1. The molecular formula is C25H20FN3O3. The topological polar surface area (TPSA) is 79.2 Å². The molecule has 0 atom stereocenters. The third kappa shape index (κ3) is 3.21. The van der Waals surface area contributed by atoms with Crippen molar-refractivity contribution in [3.05, 3.63) is 88.5 Å². The number of rotatable bonds is 5. The van der Waals surface area contributed by atoms with E-state index in [-0.39, 0.29) is 36.2 Å². The van der Waals surface area contributed by atoms with E-state index in [1.165, 1.54) is 11.0 Å². The van der Waals surface area contributed by atoms with E-state index >= 15 is 0 Å². The Bertz CT molecular complexity index is 1360. The molecule has 160 valence electrons. The van der Waals surface area contributed by atoms with Gasteiger partial charge in [0, 0.05) is 23.0 Å².